The van der Waals surface area contributed by atoms with E-state index in [1.807, 2.05) is 4.57 Å². The molecule has 1 aromatic heterocycles. The molecule has 2 rings (SSSR count). The number of nitrogens with zero attached hydrogens (tertiary/aromatic N) is 3. The van der Waals surface area contributed by atoms with Gasteiger partial charge in [0.15, 0.2) is 5.16 Å². The number of carbonyl (C=O) groups is 1. The molecule has 0 radical (unpaired) electrons. The molecule has 0 unspecified atom stereocenters. The van der Waals surface area contributed by atoms with E-state index in [-0.39, 0.29) is 17.4 Å². The Hall–Kier alpha value is -1.82. The molecule has 5 nitrogen and oxygen atoms in total. The first kappa shape index (κ1) is 18.5. The van der Waals surface area contributed by atoms with E-state index in [4.69, 9.17) is 0 Å². The highest BCUT2D eigenvalue weighted by Crippen LogP contribution is 2.23. The number of rotatable bonds is 7. The molecule has 1 aromatic carbocycles. The highest BCUT2D eigenvalue weighted by atomic mass is 32.2. The summed E-state index contributed by atoms with van der Waals surface area (Å²) in [6.45, 7) is 11.1. The molecule has 0 saturated heterocycles. The van der Waals surface area contributed by atoms with Crippen LogP contribution in [0.15, 0.2) is 35.7 Å². The highest BCUT2D eigenvalue weighted by molar-refractivity contribution is 7.99. The van der Waals surface area contributed by atoms with Gasteiger partial charge in [-0.05, 0) is 26.3 Å². The first-order chi connectivity index (χ1) is 11.3. The summed E-state index contributed by atoms with van der Waals surface area (Å²) < 4.78 is 1.97. The van der Waals surface area contributed by atoms with Gasteiger partial charge in [0.25, 0.3) is 0 Å². The fourth-order valence-corrected chi connectivity index (χ4v) is 3.23. The minimum Gasteiger partial charge on any atom is -0.355 e. The van der Waals surface area contributed by atoms with Gasteiger partial charge in [0.05, 0.1) is 5.75 Å². The molecule has 0 aliphatic carbocycles. The normalized spacial score (nSPS) is 11.8. The third kappa shape index (κ3) is 4.84. The molecule has 130 valence electrons. The summed E-state index contributed by atoms with van der Waals surface area (Å²) in [5, 5.41) is 11.8. The summed E-state index contributed by atoms with van der Waals surface area (Å²) in [4.78, 5) is 12.2. The molecule has 1 heterocycles. The topological polar surface area (TPSA) is 59.8 Å². The molecular formula is C18H26N4OS. The van der Waals surface area contributed by atoms with Crippen molar-refractivity contribution in [3.63, 3.8) is 0 Å². The van der Waals surface area contributed by atoms with Gasteiger partial charge in [0.1, 0.15) is 6.33 Å². The van der Waals surface area contributed by atoms with Crippen LogP contribution in [0.3, 0.4) is 0 Å². The third-order valence-corrected chi connectivity index (χ3v) is 4.91. The Morgan fingerprint density at radius 2 is 2.12 bits per heavy atom. The van der Waals surface area contributed by atoms with Crippen LogP contribution in [-0.4, -0.2) is 33.0 Å². The number of aryl methyl sites for hydroxylation is 1. The van der Waals surface area contributed by atoms with Gasteiger partial charge in [-0.1, -0.05) is 55.4 Å². The zero-order valence-electron chi connectivity index (χ0n) is 15.0. The van der Waals surface area contributed by atoms with Gasteiger partial charge in [-0.25, -0.2) is 0 Å². The smallest absolute Gasteiger partial charge is 0.230 e. The maximum Gasteiger partial charge on any atom is 0.230 e. The molecule has 0 saturated carbocycles. The van der Waals surface area contributed by atoms with Gasteiger partial charge < -0.3 is 9.88 Å². The molecule has 0 aliphatic heterocycles. The van der Waals surface area contributed by atoms with E-state index in [9.17, 15) is 4.79 Å². The van der Waals surface area contributed by atoms with Crippen LogP contribution in [0.2, 0.25) is 0 Å². The first-order valence-corrected chi connectivity index (χ1v) is 9.14. The Morgan fingerprint density at radius 3 is 2.79 bits per heavy atom. The lowest BCUT2D eigenvalue weighted by molar-refractivity contribution is -0.118. The average molecular weight is 347 g/mol. The third-order valence-electron chi connectivity index (χ3n) is 3.96. The molecule has 0 bridgehead atoms. The molecule has 6 heteroatoms. The Morgan fingerprint density at radius 1 is 1.38 bits per heavy atom. The van der Waals surface area contributed by atoms with Gasteiger partial charge in [-0.2, -0.15) is 0 Å². The molecule has 24 heavy (non-hydrogen) atoms. The largest absolute Gasteiger partial charge is 0.355 e. The molecule has 2 aromatic rings. The summed E-state index contributed by atoms with van der Waals surface area (Å²) >= 11 is 1.42. The number of hydrogen-bond donors (Lipinski definition) is 1. The maximum atomic E-state index is 12.2. The van der Waals surface area contributed by atoms with Crippen molar-refractivity contribution in [2.24, 2.45) is 0 Å². The minimum atomic E-state index is -0.107. The predicted octanol–water partition coefficient (Wildman–Crippen LogP) is 3.35. The predicted molar refractivity (Wildman–Crippen MR) is 98.3 cm³/mol. The fourth-order valence-electron chi connectivity index (χ4n) is 2.36. The standard InChI is InChI=1S/C18H26N4OS/c1-13(2)22-12-20-21-17(22)24-10-16(23)19-11-18(4,5)15-8-6-7-14(3)9-15/h6-9,12-13H,10-11H2,1-5H3,(H,19,23). The van der Waals surface area contributed by atoms with Gasteiger partial charge in [-0.15, -0.1) is 10.2 Å². The quantitative estimate of drug-likeness (QED) is 0.781. The molecule has 1 N–H and O–H groups in total. The Kier molecular flexibility index (Phi) is 6.04. The molecule has 1 amide bonds. The number of hydrogen-bond acceptors (Lipinski definition) is 4. The van der Waals surface area contributed by atoms with Gasteiger partial charge >= 0.3 is 0 Å². The summed E-state index contributed by atoms with van der Waals surface area (Å²) in [7, 11) is 0. The second-order valence-electron chi connectivity index (χ2n) is 6.93. The van der Waals surface area contributed by atoms with Crippen LogP contribution in [-0.2, 0) is 10.2 Å². The zero-order chi connectivity index (χ0) is 17.7. The van der Waals surface area contributed by atoms with Crippen molar-refractivity contribution in [3.05, 3.63) is 41.7 Å². The van der Waals surface area contributed by atoms with Crippen LogP contribution < -0.4 is 5.32 Å². The van der Waals surface area contributed by atoms with Crippen LogP contribution in [0.4, 0.5) is 0 Å². The van der Waals surface area contributed by atoms with Crippen molar-refractivity contribution < 1.29 is 4.79 Å². The Balaban J connectivity index is 1.87. The van der Waals surface area contributed by atoms with E-state index in [0.29, 0.717) is 12.3 Å². The van der Waals surface area contributed by atoms with Crippen molar-refractivity contribution >= 4 is 17.7 Å². The number of carbonyl (C=O) groups excluding carboxylic acids is 1. The molecular weight excluding hydrogens is 320 g/mol. The Labute approximate surface area is 148 Å². The lowest BCUT2D eigenvalue weighted by Crippen LogP contribution is -2.37. The zero-order valence-corrected chi connectivity index (χ0v) is 15.9. The number of thioether (sulfide) groups is 1. The van der Waals surface area contributed by atoms with E-state index in [1.54, 1.807) is 6.33 Å². The van der Waals surface area contributed by atoms with Crippen molar-refractivity contribution in [3.8, 4) is 0 Å². The summed E-state index contributed by atoms with van der Waals surface area (Å²) in [5.41, 5.74) is 2.36. The summed E-state index contributed by atoms with van der Waals surface area (Å²) in [6.07, 6.45) is 1.70. The molecule has 0 fully saturated rings. The number of nitrogens with one attached hydrogen (secondary N) is 1. The molecule has 0 atom stereocenters. The number of aromatic nitrogens is 3. The van der Waals surface area contributed by atoms with Crippen molar-refractivity contribution in [2.45, 2.75) is 51.2 Å². The van der Waals surface area contributed by atoms with Gasteiger partial charge in [0.2, 0.25) is 5.91 Å². The summed E-state index contributed by atoms with van der Waals surface area (Å²) in [6, 6.07) is 8.71. The number of benzene rings is 1. The summed E-state index contributed by atoms with van der Waals surface area (Å²) in [5.74, 6) is 0.356. The number of amides is 1. The fraction of sp³-hybridized carbons (Fsp3) is 0.500. The SMILES string of the molecule is Cc1cccc(C(C)(C)CNC(=O)CSc2nncn2C(C)C)c1. The van der Waals surface area contributed by atoms with Crippen LogP contribution >= 0.6 is 11.8 Å². The van der Waals surface area contributed by atoms with Crippen LogP contribution in [0.25, 0.3) is 0 Å². The van der Waals surface area contributed by atoms with E-state index in [1.165, 1.54) is 22.9 Å². The maximum absolute atomic E-state index is 12.2. The first-order valence-electron chi connectivity index (χ1n) is 8.16. The average Bonchev–Trinajstić information content (AvgIpc) is 3.00. The lowest BCUT2D eigenvalue weighted by atomic mass is 9.84. The van der Waals surface area contributed by atoms with Gasteiger partial charge in [-0.3, -0.25) is 4.79 Å². The van der Waals surface area contributed by atoms with E-state index >= 15 is 0 Å². The highest BCUT2D eigenvalue weighted by Gasteiger charge is 2.21. The van der Waals surface area contributed by atoms with Crippen molar-refractivity contribution in [1.82, 2.24) is 20.1 Å². The van der Waals surface area contributed by atoms with Crippen molar-refractivity contribution in [2.75, 3.05) is 12.3 Å². The Bertz CT molecular complexity index is 694. The molecule has 0 spiro atoms. The lowest BCUT2D eigenvalue weighted by Gasteiger charge is -2.26. The van der Waals surface area contributed by atoms with Crippen molar-refractivity contribution in [1.29, 1.82) is 0 Å². The van der Waals surface area contributed by atoms with Crippen LogP contribution in [0.1, 0.15) is 44.9 Å². The van der Waals surface area contributed by atoms with E-state index < -0.39 is 0 Å². The monoisotopic (exact) mass is 346 g/mol. The molecule has 0 aliphatic rings. The minimum absolute atomic E-state index is 0.0130. The van der Waals surface area contributed by atoms with E-state index in [2.05, 4.69) is 74.4 Å². The second-order valence-corrected chi connectivity index (χ2v) is 7.88. The van der Waals surface area contributed by atoms with Crippen LogP contribution in [0.5, 0.6) is 0 Å². The van der Waals surface area contributed by atoms with Crippen LogP contribution in [0, 0.1) is 6.92 Å². The van der Waals surface area contributed by atoms with Gasteiger partial charge in [0, 0.05) is 18.0 Å². The van der Waals surface area contributed by atoms with E-state index in [0.717, 1.165) is 5.16 Å². The second kappa shape index (κ2) is 7.83.